The molecule has 0 aromatic heterocycles. The standard InChI is InChI=1S/C13H24O/c1-6-11-14-13(4,5)10-8-9-12(3)7-2/h6-7,12H,1-2,8-11H2,3-5H3. The molecule has 0 heterocycles. The number of rotatable bonds is 8. The molecule has 1 nitrogen and oxygen atoms in total. The lowest BCUT2D eigenvalue weighted by atomic mass is 9.97. The van der Waals surface area contributed by atoms with Gasteiger partial charge in [-0.05, 0) is 32.6 Å². The molecule has 0 aromatic carbocycles. The van der Waals surface area contributed by atoms with Gasteiger partial charge in [0.2, 0.25) is 0 Å². The van der Waals surface area contributed by atoms with Gasteiger partial charge in [-0.25, -0.2) is 0 Å². The van der Waals surface area contributed by atoms with Crippen LogP contribution in [-0.4, -0.2) is 12.2 Å². The molecule has 0 aliphatic carbocycles. The minimum Gasteiger partial charge on any atom is -0.372 e. The molecular weight excluding hydrogens is 172 g/mol. The molecule has 0 aliphatic rings. The largest absolute Gasteiger partial charge is 0.372 e. The SMILES string of the molecule is C=CCOC(C)(C)CCCC(C)C=C. The summed E-state index contributed by atoms with van der Waals surface area (Å²) in [6.07, 6.45) is 7.30. The molecule has 0 spiro atoms. The van der Waals surface area contributed by atoms with Crippen LogP contribution in [-0.2, 0) is 4.74 Å². The summed E-state index contributed by atoms with van der Waals surface area (Å²) >= 11 is 0. The topological polar surface area (TPSA) is 9.23 Å². The molecule has 0 bridgehead atoms. The first-order chi connectivity index (χ1) is 6.52. The maximum absolute atomic E-state index is 5.65. The molecule has 0 saturated heterocycles. The Morgan fingerprint density at radius 1 is 1.36 bits per heavy atom. The van der Waals surface area contributed by atoms with E-state index in [9.17, 15) is 0 Å². The van der Waals surface area contributed by atoms with Crippen molar-refractivity contribution in [3.63, 3.8) is 0 Å². The van der Waals surface area contributed by atoms with Crippen LogP contribution in [0, 0.1) is 5.92 Å². The predicted octanol–water partition coefficient (Wildman–Crippen LogP) is 3.96. The van der Waals surface area contributed by atoms with E-state index in [-0.39, 0.29) is 5.60 Å². The highest BCUT2D eigenvalue weighted by atomic mass is 16.5. The monoisotopic (exact) mass is 196 g/mol. The Balaban J connectivity index is 3.63. The van der Waals surface area contributed by atoms with Crippen LogP contribution >= 0.6 is 0 Å². The first-order valence-electron chi connectivity index (χ1n) is 5.39. The lowest BCUT2D eigenvalue weighted by Gasteiger charge is -2.25. The molecular formula is C13H24O. The smallest absolute Gasteiger partial charge is 0.0652 e. The first kappa shape index (κ1) is 13.4. The van der Waals surface area contributed by atoms with Crippen LogP contribution in [0.4, 0.5) is 0 Å². The van der Waals surface area contributed by atoms with Crippen LogP contribution in [0.25, 0.3) is 0 Å². The van der Waals surface area contributed by atoms with Gasteiger partial charge in [0, 0.05) is 0 Å². The molecule has 14 heavy (non-hydrogen) atoms. The molecule has 0 radical (unpaired) electrons. The molecule has 0 N–H and O–H groups in total. The predicted molar refractivity (Wildman–Crippen MR) is 63.4 cm³/mol. The molecule has 82 valence electrons. The van der Waals surface area contributed by atoms with E-state index in [2.05, 4.69) is 33.9 Å². The fraction of sp³-hybridized carbons (Fsp3) is 0.692. The molecule has 1 heteroatoms. The van der Waals surface area contributed by atoms with Crippen molar-refractivity contribution in [1.29, 1.82) is 0 Å². The third-order valence-corrected chi connectivity index (χ3v) is 2.43. The lowest BCUT2D eigenvalue weighted by molar-refractivity contribution is -0.00922. The Morgan fingerprint density at radius 2 is 2.00 bits per heavy atom. The van der Waals surface area contributed by atoms with Crippen LogP contribution in [0.3, 0.4) is 0 Å². The van der Waals surface area contributed by atoms with E-state index < -0.39 is 0 Å². The summed E-state index contributed by atoms with van der Waals surface area (Å²) in [5.74, 6) is 0.616. The molecule has 1 unspecified atom stereocenters. The average Bonchev–Trinajstić information content (AvgIpc) is 2.14. The van der Waals surface area contributed by atoms with Gasteiger partial charge >= 0.3 is 0 Å². The third-order valence-electron chi connectivity index (χ3n) is 2.43. The van der Waals surface area contributed by atoms with Crippen molar-refractivity contribution in [3.8, 4) is 0 Å². The summed E-state index contributed by atoms with van der Waals surface area (Å²) in [6, 6.07) is 0. The van der Waals surface area contributed by atoms with Gasteiger partial charge < -0.3 is 4.74 Å². The summed E-state index contributed by atoms with van der Waals surface area (Å²) < 4.78 is 5.65. The fourth-order valence-electron chi connectivity index (χ4n) is 1.32. The molecule has 0 fully saturated rings. The van der Waals surface area contributed by atoms with Gasteiger partial charge in [-0.1, -0.05) is 25.5 Å². The fourth-order valence-corrected chi connectivity index (χ4v) is 1.32. The zero-order chi connectivity index (χ0) is 11.0. The molecule has 0 aromatic rings. The minimum absolute atomic E-state index is 0.0188. The van der Waals surface area contributed by atoms with Crippen LogP contribution < -0.4 is 0 Å². The molecule has 0 aliphatic heterocycles. The van der Waals surface area contributed by atoms with Gasteiger partial charge in [-0.3, -0.25) is 0 Å². The Bertz CT molecular complexity index is 170. The second kappa shape index (κ2) is 6.83. The van der Waals surface area contributed by atoms with Gasteiger partial charge in [0.15, 0.2) is 0 Å². The van der Waals surface area contributed by atoms with Crippen LogP contribution in [0.15, 0.2) is 25.3 Å². The highest BCUT2D eigenvalue weighted by molar-refractivity contribution is 4.77. The van der Waals surface area contributed by atoms with Gasteiger partial charge in [0.1, 0.15) is 0 Å². The van der Waals surface area contributed by atoms with Crippen molar-refractivity contribution in [1.82, 2.24) is 0 Å². The summed E-state index contributed by atoms with van der Waals surface area (Å²) in [6.45, 7) is 14.5. The maximum atomic E-state index is 5.65. The van der Waals surface area contributed by atoms with Crippen molar-refractivity contribution in [2.75, 3.05) is 6.61 Å². The normalized spacial score (nSPS) is 13.6. The Hall–Kier alpha value is -0.560. The van der Waals surface area contributed by atoms with Gasteiger partial charge in [0.25, 0.3) is 0 Å². The third kappa shape index (κ3) is 6.90. The molecule has 0 rings (SSSR count). The van der Waals surface area contributed by atoms with Crippen molar-refractivity contribution in [3.05, 3.63) is 25.3 Å². The van der Waals surface area contributed by atoms with E-state index in [0.717, 1.165) is 6.42 Å². The first-order valence-corrected chi connectivity index (χ1v) is 5.39. The zero-order valence-electron chi connectivity index (χ0n) is 9.88. The van der Waals surface area contributed by atoms with Crippen LogP contribution in [0.1, 0.15) is 40.0 Å². The van der Waals surface area contributed by atoms with E-state index in [0.29, 0.717) is 12.5 Å². The number of ether oxygens (including phenoxy) is 1. The second-order valence-corrected chi connectivity index (χ2v) is 4.46. The Morgan fingerprint density at radius 3 is 2.50 bits per heavy atom. The van der Waals surface area contributed by atoms with Crippen molar-refractivity contribution >= 4 is 0 Å². The lowest BCUT2D eigenvalue weighted by Crippen LogP contribution is -2.24. The maximum Gasteiger partial charge on any atom is 0.0652 e. The summed E-state index contributed by atoms with van der Waals surface area (Å²) in [7, 11) is 0. The highest BCUT2D eigenvalue weighted by Gasteiger charge is 2.17. The average molecular weight is 196 g/mol. The van der Waals surface area contributed by atoms with Crippen LogP contribution in [0.2, 0.25) is 0 Å². The minimum atomic E-state index is -0.0188. The molecule has 0 saturated carbocycles. The zero-order valence-corrected chi connectivity index (χ0v) is 9.88. The van der Waals surface area contributed by atoms with Crippen molar-refractivity contribution < 1.29 is 4.74 Å². The van der Waals surface area contributed by atoms with E-state index in [1.54, 1.807) is 6.08 Å². The summed E-state index contributed by atoms with van der Waals surface area (Å²) in [5, 5.41) is 0. The number of hydrogen-bond acceptors (Lipinski definition) is 1. The van der Waals surface area contributed by atoms with Gasteiger partial charge in [0.05, 0.1) is 12.2 Å². The van der Waals surface area contributed by atoms with E-state index >= 15 is 0 Å². The van der Waals surface area contributed by atoms with E-state index in [4.69, 9.17) is 4.74 Å². The highest BCUT2D eigenvalue weighted by Crippen LogP contribution is 2.20. The number of hydrogen-bond donors (Lipinski definition) is 0. The molecule has 1 atom stereocenters. The van der Waals surface area contributed by atoms with Crippen molar-refractivity contribution in [2.45, 2.75) is 45.6 Å². The molecule has 0 amide bonds. The summed E-state index contributed by atoms with van der Waals surface area (Å²) in [4.78, 5) is 0. The quantitative estimate of drug-likeness (QED) is 0.534. The van der Waals surface area contributed by atoms with Gasteiger partial charge in [-0.2, -0.15) is 0 Å². The van der Waals surface area contributed by atoms with Gasteiger partial charge in [-0.15, -0.1) is 13.2 Å². The summed E-state index contributed by atoms with van der Waals surface area (Å²) in [5.41, 5.74) is -0.0188. The Labute approximate surface area is 88.9 Å². The number of allylic oxidation sites excluding steroid dienone is 1. The van der Waals surface area contributed by atoms with E-state index in [1.807, 2.05) is 6.08 Å². The Kier molecular flexibility index (Phi) is 6.56. The van der Waals surface area contributed by atoms with Crippen molar-refractivity contribution in [2.24, 2.45) is 5.92 Å². The van der Waals surface area contributed by atoms with Crippen LogP contribution in [0.5, 0.6) is 0 Å². The van der Waals surface area contributed by atoms with E-state index in [1.165, 1.54) is 12.8 Å². The second-order valence-electron chi connectivity index (χ2n) is 4.46.